The molecule has 1 aromatic heterocycles. The summed E-state index contributed by atoms with van der Waals surface area (Å²) in [6.45, 7) is 8.85. The largest absolute Gasteiger partial charge is 0.490 e. The Morgan fingerprint density at radius 1 is 1.30 bits per heavy atom. The van der Waals surface area contributed by atoms with Gasteiger partial charge in [-0.15, -0.1) is 5.10 Å². The summed E-state index contributed by atoms with van der Waals surface area (Å²) >= 11 is 0. The van der Waals surface area contributed by atoms with E-state index in [0.29, 0.717) is 6.42 Å². The third kappa shape index (κ3) is 6.33. The van der Waals surface area contributed by atoms with E-state index in [1.54, 1.807) is 27.7 Å². The Kier molecular flexibility index (Phi) is 7.89. The Morgan fingerprint density at radius 2 is 1.94 bits per heavy atom. The third-order valence-electron chi connectivity index (χ3n) is 4.69. The van der Waals surface area contributed by atoms with Crippen molar-refractivity contribution in [3.63, 3.8) is 0 Å². The number of ether oxygens (including phenoxy) is 2. The van der Waals surface area contributed by atoms with Gasteiger partial charge < -0.3 is 19.5 Å². The summed E-state index contributed by atoms with van der Waals surface area (Å²) in [4.78, 5) is 37.8. The fraction of sp³-hybridized carbons (Fsp3) is 0.545. The SMILES string of the molecule is CCCC(C)Oc1cc(-n2nc(CN(C)C(=O)OC(C)(C)C)n(C)c2=O)c(F)cc1C(=O)O. The average molecular weight is 467 g/mol. The highest BCUT2D eigenvalue weighted by molar-refractivity contribution is 5.91. The molecular formula is C22H31FN4O6. The van der Waals surface area contributed by atoms with Crippen LogP contribution in [0.1, 0.15) is 63.6 Å². The summed E-state index contributed by atoms with van der Waals surface area (Å²) in [5.74, 6) is -2.19. The van der Waals surface area contributed by atoms with E-state index in [-0.39, 0.29) is 35.5 Å². The van der Waals surface area contributed by atoms with Crippen molar-refractivity contribution in [3.8, 4) is 11.4 Å². The van der Waals surface area contributed by atoms with Gasteiger partial charge in [-0.25, -0.2) is 18.8 Å². The zero-order valence-corrected chi connectivity index (χ0v) is 20.0. The summed E-state index contributed by atoms with van der Waals surface area (Å²) in [6.07, 6.45) is 0.550. The van der Waals surface area contributed by atoms with Crippen LogP contribution in [0, 0.1) is 5.82 Å². The molecule has 1 aromatic carbocycles. The number of carbonyl (C=O) groups excluding carboxylic acids is 1. The Balaban J connectivity index is 2.45. The maximum absolute atomic E-state index is 14.8. The molecule has 1 amide bonds. The molecule has 0 fully saturated rings. The highest BCUT2D eigenvalue weighted by Crippen LogP contribution is 2.27. The van der Waals surface area contributed by atoms with Crippen molar-refractivity contribution >= 4 is 12.1 Å². The predicted octanol–water partition coefficient (Wildman–Crippen LogP) is 3.34. The summed E-state index contributed by atoms with van der Waals surface area (Å²) in [6, 6.07) is 1.96. The van der Waals surface area contributed by atoms with Crippen LogP contribution >= 0.6 is 0 Å². The summed E-state index contributed by atoms with van der Waals surface area (Å²) in [5.41, 5.74) is -1.98. The lowest BCUT2D eigenvalue weighted by atomic mass is 10.1. The second kappa shape index (κ2) is 10.1. The van der Waals surface area contributed by atoms with Crippen LogP contribution in [-0.4, -0.2) is 55.2 Å². The lowest BCUT2D eigenvalue weighted by molar-refractivity contribution is 0.0279. The van der Waals surface area contributed by atoms with Crippen LogP contribution in [0.3, 0.4) is 0 Å². The number of nitrogens with zero attached hydrogens (tertiary/aromatic N) is 4. The minimum absolute atomic E-state index is 0.0650. The van der Waals surface area contributed by atoms with E-state index in [2.05, 4.69) is 5.10 Å². The van der Waals surface area contributed by atoms with Gasteiger partial charge in [0.25, 0.3) is 0 Å². The van der Waals surface area contributed by atoms with Crippen molar-refractivity contribution in [1.82, 2.24) is 19.2 Å². The van der Waals surface area contributed by atoms with Crippen molar-refractivity contribution in [2.75, 3.05) is 7.05 Å². The van der Waals surface area contributed by atoms with Crippen molar-refractivity contribution < 1.29 is 28.6 Å². The number of benzene rings is 1. The number of hydrogen-bond acceptors (Lipinski definition) is 6. The van der Waals surface area contributed by atoms with Gasteiger partial charge in [-0.1, -0.05) is 13.3 Å². The van der Waals surface area contributed by atoms with Gasteiger partial charge in [0.2, 0.25) is 0 Å². The Labute approximate surface area is 191 Å². The van der Waals surface area contributed by atoms with E-state index in [1.807, 2.05) is 6.92 Å². The van der Waals surface area contributed by atoms with Crippen molar-refractivity contribution in [2.45, 2.75) is 65.7 Å². The number of aromatic nitrogens is 3. The highest BCUT2D eigenvalue weighted by Gasteiger charge is 2.24. The van der Waals surface area contributed by atoms with Crippen LogP contribution in [0.15, 0.2) is 16.9 Å². The topological polar surface area (TPSA) is 116 Å². The van der Waals surface area contributed by atoms with Crippen LogP contribution in [0.4, 0.5) is 9.18 Å². The van der Waals surface area contributed by atoms with Crippen LogP contribution in [-0.2, 0) is 18.3 Å². The van der Waals surface area contributed by atoms with E-state index in [9.17, 15) is 23.9 Å². The molecule has 0 spiro atoms. The summed E-state index contributed by atoms with van der Waals surface area (Å²) in [5, 5.41) is 13.6. The normalized spacial score (nSPS) is 12.4. The number of rotatable bonds is 8. The number of carboxylic acid groups (broad SMARTS) is 1. The number of amides is 1. The van der Waals surface area contributed by atoms with Gasteiger partial charge in [-0.3, -0.25) is 4.57 Å². The molecule has 0 saturated heterocycles. The minimum atomic E-state index is -1.35. The second-order valence-corrected chi connectivity index (χ2v) is 8.83. The molecule has 182 valence electrons. The Morgan fingerprint density at radius 3 is 2.48 bits per heavy atom. The van der Waals surface area contributed by atoms with E-state index >= 15 is 0 Å². The molecule has 1 unspecified atom stereocenters. The average Bonchev–Trinajstić information content (AvgIpc) is 2.96. The molecule has 0 radical (unpaired) electrons. The first-order chi connectivity index (χ1) is 15.2. The fourth-order valence-electron chi connectivity index (χ4n) is 3.04. The van der Waals surface area contributed by atoms with E-state index in [0.717, 1.165) is 23.2 Å². The number of aromatic carboxylic acids is 1. The van der Waals surface area contributed by atoms with Gasteiger partial charge in [-0.05, 0) is 40.2 Å². The molecule has 11 heteroatoms. The van der Waals surface area contributed by atoms with Crippen molar-refractivity contribution in [2.24, 2.45) is 7.05 Å². The predicted molar refractivity (Wildman–Crippen MR) is 118 cm³/mol. The molecular weight excluding hydrogens is 435 g/mol. The van der Waals surface area contributed by atoms with Gasteiger partial charge in [0, 0.05) is 20.2 Å². The summed E-state index contributed by atoms with van der Waals surface area (Å²) < 4.78 is 27.8. The number of hydrogen-bond donors (Lipinski definition) is 1. The fourth-order valence-corrected chi connectivity index (χ4v) is 3.04. The Hall–Kier alpha value is -3.37. The third-order valence-corrected chi connectivity index (χ3v) is 4.69. The van der Waals surface area contributed by atoms with Gasteiger partial charge >= 0.3 is 17.8 Å². The lowest BCUT2D eigenvalue weighted by Gasteiger charge is -2.24. The maximum atomic E-state index is 14.8. The van der Waals surface area contributed by atoms with Gasteiger partial charge in [-0.2, -0.15) is 4.68 Å². The molecule has 0 saturated carbocycles. The van der Waals surface area contributed by atoms with Gasteiger partial charge in [0.05, 0.1) is 12.6 Å². The highest BCUT2D eigenvalue weighted by atomic mass is 19.1. The molecule has 33 heavy (non-hydrogen) atoms. The van der Waals surface area contributed by atoms with Crippen LogP contribution in [0.25, 0.3) is 5.69 Å². The number of carbonyl (C=O) groups is 2. The van der Waals surface area contributed by atoms with Gasteiger partial charge in [0.1, 0.15) is 28.4 Å². The zero-order valence-electron chi connectivity index (χ0n) is 20.0. The van der Waals surface area contributed by atoms with Crippen molar-refractivity contribution in [1.29, 1.82) is 0 Å². The van der Waals surface area contributed by atoms with Crippen molar-refractivity contribution in [3.05, 3.63) is 39.8 Å². The first-order valence-electron chi connectivity index (χ1n) is 10.6. The Bertz CT molecular complexity index is 1090. The monoisotopic (exact) mass is 466 g/mol. The summed E-state index contributed by atoms with van der Waals surface area (Å²) in [7, 11) is 2.93. The minimum Gasteiger partial charge on any atom is -0.490 e. The van der Waals surface area contributed by atoms with Gasteiger partial charge in [0.15, 0.2) is 5.82 Å². The molecule has 1 N–H and O–H groups in total. The molecule has 10 nitrogen and oxygen atoms in total. The molecule has 0 aliphatic rings. The molecule has 0 bridgehead atoms. The first-order valence-corrected chi connectivity index (χ1v) is 10.6. The molecule has 1 heterocycles. The lowest BCUT2D eigenvalue weighted by Crippen LogP contribution is -2.34. The molecule has 2 aromatic rings. The van der Waals surface area contributed by atoms with Crippen LogP contribution in [0.2, 0.25) is 0 Å². The number of carboxylic acids is 1. The molecule has 1 atom stereocenters. The second-order valence-electron chi connectivity index (χ2n) is 8.83. The first kappa shape index (κ1) is 25.9. The molecule has 0 aliphatic carbocycles. The standard InChI is InChI=1S/C22H31FN4O6/c1-8-9-13(2)32-17-11-16(15(23)10-14(17)19(28)29)27-20(30)26(7)18(24-27)12-25(6)21(31)33-22(3,4)5/h10-11,13H,8-9,12H2,1-7H3,(H,28,29). The van der Waals surface area contributed by atoms with Crippen LogP contribution in [0.5, 0.6) is 5.75 Å². The van der Waals surface area contributed by atoms with E-state index in [4.69, 9.17) is 9.47 Å². The smallest absolute Gasteiger partial charge is 0.410 e. The van der Waals surface area contributed by atoms with Crippen LogP contribution < -0.4 is 10.4 Å². The molecule has 0 aliphatic heterocycles. The van der Waals surface area contributed by atoms with E-state index in [1.165, 1.54) is 23.6 Å². The van der Waals surface area contributed by atoms with E-state index < -0.39 is 29.2 Å². The molecule has 2 rings (SSSR count). The number of halogens is 1. The zero-order chi connectivity index (χ0) is 25.1. The maximum Gasteiger partial charge on any atom is 0.410 e. The quantitative estimate of drug-likeness (QED) is 0.634.